The molecule has 0 aliphatic rings. The minimum absolute atomic E-state index is 0.376. The van der Waals surface area contributed by atoms with E-state index in [4.69, 9.17) is 0 Å². The van der Waals surface area contributed by atoms with Gasteiger partial charge in [0.2, 0.25) is 0 Å². The van der Waals surface area contributed by atoms with Crippen LogP contribution in [0, 0.1) is 11.8 Å². The van der Waals surface area contributed by atoms with Crippen LogP contribution in [-0.4, -0.2) is 26.2 Å². The molecule has 18 heavy (non-hydrogen) atoms. The fourth-order valence-electron chi connectivity index (χ4n) is 1.44. The van der Waals surface area contributed by atoms with Gasteiger partial charge < -0.3 is 0 Å². The Morgan fingerprint density at radius 1 is 1.22 bits per heavy atom. The van der Waals surface area contributed by atoms with Crippen molar-refractivity contribution in [1.82, 2.24) is 0 Å². The Hall–Kier alpha value is -0.130. The van der Waals surface area contributed by atoms with Crippen molar-refractivity contribution in [2.45, 2.75) is 23.6 Å². The lowest BCUT2D eigenvalue weighted by Gasteiger charge is -2.17. The van der Waals surface area contributed by atoms with Gasteiger partial charge in [-0.2, -0.15) is 12.6 Å². The van der Waals surface area contributed by atoms with E-state index in [2.05, 4.69) is 26.5 Å². The van der Waals surface area contributed by atoms with Crippen LogP contribution in [0.3, 0.4) is 0 Å². The molecule has 0 amide bonds. The predicted octanol–water partition coefficient (Wildman–Crippen LogP) is 3.38. The van der Waals surface area contributed by atoms with Gasteiger partial charge in [0.1, 0.15) is 0 Å². The lowest BCUT2D eigenvalue weighted by Crippen LogP contribution is -2.13. The first-order valence-corrected chi connectivity index (χ1v) is 9.39. The maximum atomic E-state index is 11.3. The van der Waals surface area contributed by atoms with Crippen LogP contribution in [0.25, 0.3) is 0 Å². The van der Waals surface area contributed by atoms with E-state index in [-0.39, 0.29) is 0 Å². The average Bonchev–Trinajstić information content (AvgIpc) is 2.29. The molecule has 1 aromatic carbocycles. The molecule has 0 saturated heterocycles. The Bertz CT molecular complexity index is 464. The van der Waals surface area contributed by atoms with Gasteiger partial charge in [0.05, 0.1) is 4.90 Å². The Morgan fingerprint density at radius 2 is 1.78 bits per heavy atom. The second-order valence-electron chi connectivity index (χ2n) is 4.74. The molecule has 0 bridgehead atoms. The Kier molecular flexibility index (Phi) is 6.08. The summed E-state index contributed by atoms with van der Waals surface area (Å²) in [5.41, 5.74) is 0. The highest BCUT2D eigenvalue weighted by Crippen LogP contribution is 2.25. The first kappa shape index (κ1) is 15.9. The number of hydrogen-bond donors (Lipinski definition) is 1. The molecule has 5 heteroatoms. The minimum atomic E-state index is -3.09. The van der Waals surface area contributed by atoms with Gasteiger partial charge in [-0.1, -0.05) is 13.8 Å². The summed E-state index contributed by atoms with van der Waals surface area (Å²) in [6, 6.07) is 7.08. The topological polar surface area (TPSA) is 34.1 Å². The highest BCUT2D eigenvalue weighted by atomic mass is 32.2. The van der Waals surface area contributed by atoms with Gasteiger partial charge >= 0.3 is 0 Å². The monoisotopic (exact) mass is 304 g/mol. The van der Waals surface area contributed by atoms with E-state index in [1.807, 2.05) is 12.1 Å². The van der Waals surface area contributed by atoms with Crippen LogP contribution in [0.1, 0.15) is 13.8 Å². The highest BCUT2D eigenvalue weighted by Gasteiger charge is 2.12. The zero-order valence-electron chi connectivity index (χ0n) is 11.0. The van der Waals surface area contributed by atoms with Crippen molar-refractivity contribution < 1.29 is 8.42 Å². The summed E-state index contributed by atoms with van der Waals surface area (Å²) in [6.45, 7) is 4.41. The van der Waals surface area contributed by atoms with Gasteiger partial charge in [-0.25, -0.2) is 8.42 Å². The maximum Gasteiger partial charge on any atom is 0.175 e. The number of thiol groups is 1. The normalized spacial score (nSPS) is 13.8. The summed E-state index contributed by atoms with van der Waals surface area (Å²) in [5.74, 6) is 3.09. The lowest BCUT2D eigenvalue weighted by molar-refractivity contribution is 0.473. The standard InChI is InChI=1S/C13H20O2S3/c1-10(2)11(8-16)9-17-12-4-6-13(7-5-12)18(3,14)15/h4-7,10-11,16H,8-9H2,1-3H3. The fraction of sp³-hybridized carbons (Fsp3) is 0.538. The summed E-state index contributed by atoms with van der Waals surface area (Å²) in [7, 11) is -3.09. The summed E-state index contributed by atoms with van der Waals surface area (Å²) >= 11 is 6.12. The van der Waals surface area contributed by atoms with Gasteiger partial charge in [-0.15, -0.1) is 11.8 Å². The molecule has 1 aromatic rings. The third-order valence-electron chi connectivity index (χ3n) is 2.89. The number of benzene rings is 1. The molecule has 1 atom stereocenters. The van der Waals surface area contributed by atoms with Crippen LogP contribution in [-0.2, 0) is 9.84 Å². The van der Waals surface area contributed by atoms with Crippen molar-refractivity contribution in [3.8, 4) is 0 Å². The zero-order chi connectivity index (χ0) is 13.8. The van der Waals surface area contributed by atoms with Crippen LogP contribution < -0.4 is 0 Å². The molecule has 0 heterocycles. The molecule has 0 radical (unpaired) electrons. The molecule has 2 nitrogen and oxygen atoms in total. The first-order valence-electron chi connectivity index (χ1n) is 5.88. The highest BCUT2D eigenvalue weighted by molar-refractivity contribution is 7.99. The molecule has 0 aliphatic carbocycles. The summed E-state index contributed by atoms with van der Waals surface area (Å²) in [6.07, 6.45) is 1.23. The molecule has 0 aromatic heterocycles. The molecule has 0 fully saturated rings. The second-order valence-corrected chi connectivity index (χ2v) is 8.22. The third-order valence-corrected chi connectivity index (χ3v) is 5.69. The molecule has 0 aliphatic heterocycles. The van der Waals surface area contributed by atoms with Crippen molar-refractivity contribution in [3.05, 3.63) is 24.3 Å². The molecule has 1 rings (SSSR count). The van der Waals surface area contributed by atoms with Gasteiger partial charge in [-0.05, 0) is 41.9 Å². The molecule has 1 unspecified atom stereocenters. The Labute approximate surface area is 120 Å². The second kappa shape index (κ2) is 6.87. The van der Waals surface area contributed by atoms with E-state index in [0.29, 0.717) is 16.7 Å². The Balaban J connectivity index is 2.65. The van der Waals surface area contributed by atoms with Crippen molar-refractivity contribution >= 4 is 34.2 Å². The van der Waals surface area contributed by atoms with E-state index in [1.165, 1.54) is 6.26 Å². The Morgan fingerprint density at radius 3 is 2.17 bits per heavy atom. The summed E-state index contributed by atoms with van der Waals surface area (Å²) < 4.78 is 22.7. The number of rotatable bonds is 6. The van der Waals surface area contributed by atoms with E-state index in [0.717, 1.165) is 16.4 Å². The maximum absolute atomic E-state index is 11.3. The van der Waals surface area contributed by atoms with E-state index in [1.54, 1.807) is 23.9 Å². The summed E-state index contributed by atoms with van der Waals surface area (Å²) in [4.78, 5) is 1.48. The van der Waals surface area contributed by atoms with Crippen molar-refractivity contribution in [2.75, 3.05) is 17.8 Å². The minimum Gasteiger partial charge on any atom is -0.224 e. The van der Waals surface area contributed by atoms with Crippen LogP contribution in [0.15, 0.2) is 34.1 Å². The van der Waals surface area contributed by atoms with Crippen molar-refractivity contribution in [1.29, 1.82) is 0 Å². The number of sulfone groups is 1. The lowest BCUT2D eigenvalue weighted by atomic mass is 10.0. The van der Waals surface area contributed by atoms with E-state index >= 15 is 0 Å². The third kappa shape index (κ3) is 4.86. The smallest absolute Gasteiger partial charge is 0.175 e. The van der Waals surface area contributed by atoms with Crippen molar-refractivity contribution in [3.63, 3.8) is 0 Å². The van der Waals surface area contributed by atoms with Crippen LogP contribution in [0.4, 0.5) is 0 Å². The van der Waals surface area contributed by atoms with Crippen molar-refractivity contribution in [2.24, 2.45) is 11.8 Å². The van der Waals surface area contributed by atoms with Crippen LogP contribution in [0.2, 0.25) is 0 Å². The van der Waals surface area contributed by atoms with E-state index in [9.17, 15) is 8.42 Å². The average molecular weight is 305 g/mol. The van der Waals surface area contributed by atoms with Crippen LogP contribution >= 0.6 is 24.4 Å². The number of thioether (sulfide) groups is 1. The molecular weight excluding hydrogens is 284 g/mol. The quantitative estimate of drug-likeness (QED) is 0.646. The molecule has 0 saturated carbocycles. The van der Waals surface area contributed by atoms with Gasteiger partial charge in [0.25, 0.3) is 0 Å². The van der Waals surface area contributed by atoms with Gasteiger partial charge in [-0.3, -0.25) is 0 Å². The molecular formula is C13H20O2S3. The summed E-state index contributed by atoms with van der Waals surface area (Å²) in [5, 5.41) is 0. The number of hydrogen-bond acceptors (Lipinski definition) is 4. The largest absolute Gasteiger partial charge is 0.224 e. The first-order chi connectivity index (χ1) is 8.34. The van der Waals surface area contributed by atoms with Gasteiger partial charge in [0.15, 0.2) is 9.84 Å². The van der Waals surface area contributed by atoms with Crippen LogP contribution in [0.5, 0.6) is 0 Å². The van der Waals surface area contributed by atoms with E-state index < -0.39 is 9.84 Å². The SMILES string of the molecule is CC(C)C(CS)CSc1ccc(S(C)(=O)=O)cc1. The zero-order valence-corrected chi connectivity index (χ0v) is 13.5. The van der Waals surface area contributed by atoms with Gasteiger partial charge in [0, 0.05) is 16.9 Å². The molecule has 0 N–H and O–H groups in total. The molecule has 0 spiro atoms. The molecule has 102 valence electrons. The fourth-order valence-corrected chi connectivity index (χ4v) is 4.04. The predicted molar refractivity (Wildman–Crippen MR) is 82.5 cm³/mol.